The standard InChI is InChI=1S/C13H10Cl3NO/c14-9-1-2-10(11(15)6-9)13(18)5-8-3-4-17-7-12(8)16/h1-4,6-7,13,18H,5H2. The highest BCUT2D eigenvalue weighted by atomic mass is 35.5. The van der Waals surface area contributed by atoms with E-state index in [2.05, 4.69) is 4.98 Å². The quantitative estimate of drug-likeness (QED) is 0.916. The maximum Gasteiger partial charge on any atom is 0.0845 e. The van der Waals surface area contributed by atoms with Crippen molar-refractivity contribution in [1.82, 2.24) is 4.98 Å². The van der Waals surface area contributed by atoms with Crippen LogP contribution in [-0.2, 0) is 6.42 Å². The zero-order valence-electron chi connectivity index (χ0n) is 9.28. The largest absolute Gasteiger partial charge is 0.388 e. The Morgan fingerprint density at radius 3 is 2.56 bits per heavy atom. The lowest BCUT2D eigenvalue weighted by atomic mass is 10.0. The van der Waals surface area contributed by atoms with Crippen LogP contribution in [0.25, 0.3) is 0 Å². The average Bonchev–Trinajstić information content (AvgIpc) is 2.32. The molecule has 1 aromatic carbocycles. The summed E-state index contributed by atoms with van der Waals surface area (Å²) in [5.74, 6) is 0. The predicted octanol–water partition coefficient (Wildman–Crippen LogP) is 4.32. The highest BCUT2D eigenvalue weighted by Crippen LogP contribution is 2.29. The number of rotatable bonds is 3. The van der Waals surface area contributed by atoms with Gasteiger partial charge in [-0.05, 0) is 29.3 Å². The second-order valence-corrected chi connectivity index (χ2v) is 5.10. The van der Waals surface area contributed by atoms with Crippen LogP contribution in [0.3, 0.4) is 0 Å². The van der Waals surface area contributed by atoms with Crippen LogP contribution in [-0.4, -0.2) is 10.1 Å². The first kappa shape index (κ1) is 13.6. The molecule has 0 aliphatic heterocycles. The summed E-state index contributed by atoms with van der Waals surface area (Å²) in [6.45, 7) is 0. The molecular formula is C13H10Cl3NO. The molecule has 0 fully saturated rings. The van der Waals surface area contributed by atoms with Gasteiger partial charge in [0.25, 0.3) is 0 Å². The van der Waals surface area contributed by atoms with E-state index < -0.39 is 6.10 Å². The molecule has 0 aliphatic rings. The maximum absolute atomic E-state index is 10.2. The van der Waals surface area contributed by atoms with E-state index in [-0.39, 0.29) is 0 Å². The maximum atomic E-state index is 10.2. The normalized spacial score (nSPS) is 12.4. The van der Waals surface area contributed by atoms with E-state index in [0.717, 1.165) is 5.56 Å². The van der Waals surface area contributed by atoms with E-state index >= 15 is 0 Å². The summed E-state index contributed by atoms with van der Waals surface area (Å²) in [7, 11) is 0. The van der Waals surface area contributed by atoms with Gasteiger partial charge in [0, 0.05) is 28.9 Å². The Morgan fingerprint density at radius 1 is 1.11 bits per heavy atom. The van der Waals surface area contributed by atoms with Crippen LogP contribution in [0.5, 0.6) is 0 Å². The molecule has 1 heterocycles. The van der Waals surface area contributed by atoms with E-state index in [0.29, 0.717) is 27.1 Å². The van der Waals surface area contributed by atoms with Crippen LogP contribution in [0, 0.1) is 0 Å². The number of hydrogen-bond donors (Lipinski definition) is 1. The Labute approximate surface area is 120 Å². The number of aromatic nitrogens is 1. The molecule has 18 heavy (non-hydrogen) atoms. The van der Waals surface area contributed by atoms with Gasteiger partial charge in [0.15, 0.2) is 0 Å². The van der Waals surface area contributed by atoms with Gasteiger partial charge < -0.3 is 5.11 Å². The van der Waals surface area contributed by atoms with Crippen molar-refractivity contribution in [3.8, 4) is 0 Å². The lowest BCUT2D eigenvalue weighted by molar-refractivity contribution is 0.178. The van der Waals surface area contributed by atoms with Gasteiger partial charge in [-0.3, -0.25) is 4.98 Å². The van der Waals surface area contributed by atoms with Gasteiger partial charge >= 0.3 is 0 Å². The van der Waals surface area contributed by atoms with E-state index in [1.807, 2.05) is 0 Å². The molecule has 2 rings (SSSR count). The Morgan fingerprint density at radius 2 is 1.89 bits per heavy atom. The first-order valence-corrected chi connectivity index (χ1v) is 6.42. The lowest BCUT2D eigenvalue weighted by Crippen LogP contribution is -2.03. The van der Waals surface area contributed by atoms with E-state index in [1.54, 1.807) is 36.7 Å². The first-order chi connectivity index (χ1) is 8.58. The zero-order valence-corrected chi connectivity index (χ0v) is 11.5. The predicted molar refractivity (Wildman–Crippen MR) is 74.4 cm³/mol. The molecule has 0 spiro atoms. The van der Waals surface area contributed by atoms with Crippen molar-refractivity contribution in [2.75, 3.05) is 0 Å². The van der Waals surface area contributed by atoms with Crippen molar-refractivity contribution in [2.24, 2.45) is 0 Å². The molecule has 2 aromatic rings. The molecule has 1 atom stereocenters. The van der Waals surface area contributed by atoms with E-state index in [4.69, 9.17) is 34.8 Å². The van der Waals surface area contributed by atoms with Crippen LogP contribution in [0.1, 0.15) is 17.2 Å². The van der Waals surface area contributed by atoms with Gasteiger partial charge in [0.2, 0.25) is 0 Å². The molecule has 1 aromatic heterocycles. The fourth-order valence-corrected chi connectivity index (χ4v) is 2.39. The Balaban J connectivity index is 2.22. The Bertz CT molecular complexity index is 560. The number of aliphatic hydroxyl groups excluding tert-OH is 1. The van der Waals surface area contributed by atoms with Crippen molar-refractivity contribution >= 4 is 34.8 Å². The second-order valence-electron chi connectivity index (χ2n) is 3.85. The third kappa shape index (κ3) is 3.15. The summed E-state index contributed by atoms with van der Waals surface area (Å²) in [4.78, 5) is 3.90. The minimum absolute atomic E-state index is 0.378. The summed E-state index contributed by atoms with van der Waals surface area (Å²) in [6, 6.07) is 6.79. The molecule has 1 N–H and O–H groups in total. The van der Waals surface area contributed by atoms with Gasteiger partial charge in [-0.15, -0.1) is 0 Å². The van der Waals surface area contributed by atoms with Crippen molar-refractivity contribution in [1.29, 1.82) is 0 Å². The topological polar surface area (TPSA) is 33.1 Å². The van der Waals surface area contributed by atoms with E-state index in [1.165, 1.54) is 0 Å². The first-order valence-electron chi connectivity index (χ1n) is 5.29. The summed E-state index contributed by atoms with van der Waals surface area (Å²) >= 11 is 17.8. The minimum Gasteiger partial charge on any atom is -0.388 e. The molecule has 0 saturated heterocycles. The van der Waals surface area contributed by atoms with Crippen LogP contribution in [0.4, 0.5) is 0 Å². The molecule has 0 aliphatic carbocycles. The molecule has 2 nitrogen and oxygen atoms in total. The van der Waals surface area contributed by atoms with Gasteiger partial charge in [-0.2, -0.15) is 0 Å². The molecule has 1 unspecified atom stereocenters. The molecule has 0 bridgehead atoms. The fourth-order valence-electron chi connectivity index (χ4n) is 1.66. The van der Waals surface area contributed by atoms with Gasteiger partial charge in [-0.1, -0.05) is 40.9 Å². The SMILES string of the molecule is OC(Cc1ccncc1Cl)c1ccc(Cl)cc1Cl. The van der Waals surface area contributed by atoms with Gasteiger partial charge in [0.1, 0.15) is 0 Å². The summed E-state index contributed by atoms with van der Waals surface area (Å²) in [5, 5.41) is 11.7. The van der Waals surface area contributed by atoms with Crippen LogP contribution < -0.4 is 0 Å². The van der Waals surface area contributed by atoms with Gasteiger partial charge in [0.05, 0.1) is 11.1 Å². The Hall–Kier alpha value is -0.800. The number of benzene rings is 1. The number of hydrogen-bond acceptors (Lipinski definition) is 2. The van der Waals surface area contributed by atoms with Crippen molar-refractivity contribution in [3.05, 3.63) is 62.9 Å². The number of pyridine rings is 1. The smallest absolute Gasteiger partial charge is 0.0845 e. The van der Waals surface area contributed by atoms with Crippen LogP contribution >= 0.6 is 34.8 Å². The Kier molecular flexibility index (Phi) is 4.46. The fraction of sp³-hybridized carbons (Fsp3) is 0.154. The molecule has 0 saturated carbocycles. The van der Waals surface area contributed by atoms with Crippen LogP contribution in [0.15, 0.2) is 36.7 Å². The third-order valence-electron chi connectivity index (χ3n) is 2.59. The number of nitrogens with zero attached hydrogens (tertiary/aromatic N) is 1. The minimum atomic E-state index is -0.727. The molecule has 0 amide bonds. The molecular weight excluding hydrogens is 293 g/mol. The lowest BCUT2D eigenvalue weighted by Gasteiger charge is -2.13. The van der Waals surface area contributed by atoms with E-state index in [9.17, 15) is 5.11 Å². The summed E-state index contributed by atoms with van der Waals surface area (Å²) in [6.07, 6.45) is 2.84. The molecule has 0 radical (unpaired) electrons. The third-order valence-corrected chi connectivity index (χ3v) is 3.49. The van der Waals surface area contributed by atoms with Crippen LogP contribution in [0.2, 0.25) is 15.1 Å². The summed E-state index contributed by atoms with van der Waals surface area (Å²) < 4.78 is 0. The van der Waals surface area contributed by atoms with Gasteiger partial charge in [-0.25, -0.2) is 0 Å². The number of halogens is 3. The molecule has 94 valence electrons. The summed E-state index contributed by atoms with van der Waals surface area (Å²) in [5.41, 5.74) is 1.46. The van der Waals surface area contributed by atoms with Crippen molar-refractivity contribution in [2.45, 2.75) is 12.5 Å². The van der Waals surface area contributed by atoms with Crippen molar-refractivity contribution in [3.63, 3.8) is 0 Å². The highest BCUT2D eigenvalue weighted by molar-refractivity contribution is 6.35. The number of aliphatic hydroxyl groups is 1. The zero-order chi connectivity index (χ0) is 13.1. The molecule has 5 heteroatoms. The monoisotopic (exact) mass is 301 g/mol. The highest BCUT2D eigenvalue weighted by Gasteiger charge is 2.14. The second kappa shape index (κ2) is 5.89. The average molecular weight is 303 g/mol. The van der Waals surface area contributed by atoms with Crippen molar-refractivity contribution < 1.29 is 5.11 Å².